The number of hydrogen-bond acceptors (Lipinski definition) is 1. The first kappa shape index (κ1) is 13.3. The van der Waals surface area contributed by atoms with Crippen molar-refractivity contribution >= 4 is 18.1 Å². The van der Waals surface area contributed by atoms with Crippen LogP contribution < -0.4 is 0 Å². The first-order valence-corrected chi connectivity index (χ1v) is 7.81. The van der Waals surface area contributed by atoms with Crippen LogP contribution >= 0.6 is 0 Å². The summed E-state index contributed by atoms with van der Waals surface area (Å²) in [7, 11) is 0. The van der Waals surface area contributed by atoms with Crippen molar-refractivity contribution in [1.29, 1.82) is 0 Å². The van der Waals surface area contributed by atoms with E-state index in [1.807, 2.05) is 0 Å². The van der Waals surface area contributed by atoms with Crippen LogP contribution in [0.25, 0.3) is 12.2 Å². The van der Waals surface area contributed by atoms with Gasteiger partial charge in [0, 0.05) is 5.41 Å². The quantitative estimate of drug-likeness (QED) is 0.848. The molecule has 1 atom stereocenters. The Morgan fingerprint density at radius 3 is 2.00 bits per heavy atom. The molecule has 2 aromatic carbocycles. The molecule has 4 rings (SSSR count). The van der Waals surface area contributed by atoms with Gasteiger partial charge in [-0.15, -0.1) is 0 Å². The molecule has 2 aromatic rings. The topological polar surface area (TPSA) is 37.3 Å². The van der Waals surface area contributed by atoms with Crippen molar-refractivity contribution in [3.05, 3.63) is 70.8 Å². The summed E-state index contributed by atoms with van der Waals surface area (Å²) in [5, 5.41) is 9.48. The van der Waals surface area contributed by atoms with Gasteiger partial charge in [-0.05, 0) is 41.5 Å². The molecule has 0 aromatic heterocycles. The Hall–Kier alpha value is -2.35. The first-order valence-electron chi connectivity index (χ1n) is 7.81. The maximum atomic E-state index is 11.5. The van der Waals surface area contributed by atoms with E-state index in [4.69, 9.17) is 0 Å². The lowest BCUT2D eigenvalue weighted by atomic mass is 9.70. The molecule has 0 bridgehead atoms. The molecule has 1 spiro atoms. The molecular formula is C20H18O2. The van der Waals surface area contributed by atoms with Crippen LogP contribution in [0.15, 0.2) is 48.5 Å². The Morgan fingerprint density at radius 1 is 0.955 bits per heavy atom. The van der Waals surface area contributed by atoms with Crippen molar-refractivity contribution in [2.24, 2.45) is 5.92 Å². The van der Waals surface area contributed by atoms with Crippen molar-refractivity contribution in [1.82, 2.24) is 0 Å². The van der Waals surface area contributed by atoms with Gasteiger partial charge in [0.1, 0.15) is 0 Å². The van der Waals surface area contributed by atoms with Gasteiger partial charge in [0.05, 0.1) is 5.92 Å². The van der Waals surface area contributed by atoms with Gasteiger partial charge in [-0.25, -0.2) is 0 Å². The van der Waals surface area contributed by atoms with Crippen LogP contribution in [-0.4, -0.2) is 11.1 Å². The van der Waals surface area contributed by atoms with Gasteiger partial charge in [0.15, 0.2) is 0 Å². The normalized spacial score (nSPS) is 21.2. The highest BCUT2D eigenvalue weighted by molar-refractivity contribution is 5.79. The Morgan fingerprint density at radius 2 is 1.50 bits per heavy atom. The van der Waals surface area contributed by atoms with Gasteiger partial charge >= 0.3 is 5.97 Å². The van der Waals surface area contributed by atoms with Crippen molar-refractivity contribution < 1.29 is 9.90 Å². The molecular weight excluding hydrogens is 272 g/mol. The minimum Gasteiger partial charge on any atom is -0.481 e. The van der Waals surface area contributed by atoms with E-state index in [9.17, 15) is 9.90 Å². The van der Waals surface area contributed by atoms with Crippen LogP contribution in [0, 0.1) is 5.92 Å². The molecule has 22 heavy (non-hydrogen) atoms. The van der Waals surface area contributed by atoms with Gasteiger partial charge in [-0.2, -0.15) is 0 Å². The van der Waals surface area contributed by atoms with E-state index in [2.05, 4.69) is 60.7 Å². The van der Waals surface area contributed by atoms with E-state index in [-0.39, 0.29) is 11.3 Å². The Balaban J connectivity index is 1.97. The summed E-state index contributed by atoms with van der Waals surface area (Å²) in [6.45, 7) is 0. The fourth-order valence-corrected chi connectivity index (χ4v) is 4.23. The minimum absolute atomic E-state index is 0.167. The minimum atomic E-state index is -0.663. The maximum absolute atomic E-state index is 11.5. The maximum Gasteiger partial charge on any atom is 0.306 e. The van der Waals surface area contributed by atoms with E-state index in [0.29, 0.717) is 6.42 Å². The highest BCUT2D eigenvalue weighted by atomic mass is 16.4. The second-order valence-electron chi connectivity index (χ2n) is 6.37. The molecule has 0 saturated heterocycles. The molecule has 2 nitrogen and oxygen atoms in total. The molecule has 2 aliphatic rings. The highest BCUT2D eigenvalue weighted by Gasteiger charge is 2.46. The third kappa shape index (κ3) is 1.83. The first-order chi connectivity index (χ1) is 10.7. The number of rotatable bonds is 1. The van der Waals surface area contributed by atoms with Crippen molar-refractivity contribution in [2.75, 3.05) is 0 Å². The van der Waals surface area contributed by atoms with Crippen LogP contribution in [0.3, 0.4) is 0 Å². The molecule has 1 N–H and O–H groups in total. The van der Waals surface area contributed by atoms with Crippen LogP contribution in [0.4, 0.5) is 0 Å². The standard InChI is InChI=1S/C20H18O2/c21-19(22)16-11-12-20(13-16)17-7-3-1-5-14(17)9-10-15-6-2-4-8-18(15)20/h1-10,16H,11-13H2,(H,21,22)/t16-/m1/s1. The summed E-state index contributed by atoms with van der Waals surface area (Å²) < 4.78 is 0. The van der Waals surface area contributed by atoms with Crippen LogP contribution in [0.2, 0.25) is 0 Å². The van der Waals surface area contributed by atoms with Crippen LogP contribution in [0.1, 0.15) is 41.5 Å². The van der Waals surface area contributed by atoms with Gasteiger partial charge < -0.3 is 5.11 Å². The SMILES string of the molecule is O=C(O)[C@@H]1CCC2(C1)c1ccccc1C=Cc1ccccc12. The molecule has 1 fully saturated rings. The predicted molar refractivity (Wildman–Crippen MR) is 87.6 cm³/mol. The lowest BCUT2D eigenvalue weighted by molar-refractivity contribution is -0.141. The van der Waals surface area contributed by atoms with E-state index < -0.39 is 5.97 Å². The van der Waals surface area contributed by atoms with Crippen LogP contribution in [0.5, 0.6) is 0 Å². The van der Waals surface area contributed by atoms with Gasteiger partial charge in [0.25, 0.3) is 0 Å². The zero-order chi connectivity index (χ0) is 15.2. The molecule has 2 aliphatic carbocycles. The van der Waals surface area contributed by atoms with E-state index in [0.717, 1.165) is 12.8 Å². The molecule has 0 heterocycles. The summed E-state index contributed by atoms with van der Waals surface area (Å²) in [4.78, 5) is 11.5. The molecule has 0 radical (unpaired) electrons. The van der Waals surface area contributed by atoms with Crippen molar-refractivity contribution in [3.8, 4) is 0 Å². The van der Waals surface area contributed by atoms with E-state index in [1.54, 1.807) is 0 Å². The summed E-state index contributed by atoms with van der Waals surface area (Å²) in [5.41, 5.74) is 4.81. The number of benzene rings is 2. The fourth-order valence-electron chi connectivity index (χ4n) is 4.23. The smallest absolute Gasteiger partial charge is 0.306 e. The molecule has 0 aliphatic heterocycles. The van der Waals surface area contributed by atoms with Gasteiger partial charge in [0.2, 0.25) is 0 Å². The molecule has 1 saturated carbocycles. The second-order valence-corrected chi connectivity index (χ2v) is 6.37. The predicted octanol–water partition coefficient (Wildman–Crippen LogP) is 4.34. The summed E-state index contributed by atoms with van der Waals surface area (Å²) in [5.74, 6) is -0.914. The monoisotopic (exact) mass is 290 g/mol. The molecule has 110 valence electrons. The third-order valence-corrected chi connectivity index (χ3v) is 5.26. The molecule has 0 unspecified atom stereocenters. The van der Waals surface area contributed by atoms with Crippen LogP contribution in [-0.2, 0) is 10.2 Å². The Labute approximate surface area is 130 Å². The average molecular weight is 290 g/mol. The lowest BCUT2D eigenvalue weighted by Crippen LogP contribution is -2.27. The van der Waals surface area contributed by atoms with Crippen molar-refractivity contribution in [3.63, 3.8) is 0 Å². The van der Waals surface area contributed by atoms with Gasteiger partial charge in [-0.1, -0.05) is 60.7 Å². The molecule has 0 amide bonds. The zero-order valence-corrected chi connectivity index (χ0v) is 12.3. The Kier molecular flexibility index (Phi) is 2.93. The summed E-state index contributed by atoms with van der Waals surface area (Å²) in [6.07, 6.45) is 6.67. The number of carbonyl (C=O) groups is 1. The molecule has 2 heteroatoms. The number of hydrogen-bond donors (Lipinski definition) is 1. The zero-order valence-electron chi connectivity index (χ0n) is 12.3. The highest BCUT2D eigenvalue weighted by Crippen LogP contribution is 2.52. The van der Waals surface area contributed by atoms with E-state index >= 15 is 0 Å². The number of fused-ring (bicyclic) bond motifs is 4. The third-order valence-electron chi connectivity index (χ3n) is 5.26. The fraction of sp³-hybridized carbons (Fsp3) is 0.250. The largest absolute Gasteiger partial charge is 0.481 e. The number of aliphatic carboxylic acids is 1. The summed E-state index contributed by atoms with van der Waals surface area (Å²) in [6, 6.07) is 16.8. The second kappa shape index (κ2) is 4.84. The average Bonchev–Trinajstić information content (AvgIpc) is 2.94. The number of carboxylic acids is 1. The van der Waals surface area contributed by atoms with E-state index in [1.165, 1.54) is 22.3 Å². The lowest BCUT2D eigenvalue weighted by Gasteiger charge is -2.32. The Bertz CT molecular complexity index is 723. The van der Waals surface area contributed by atoms with Crippen molar-refractivity contribution in [2.45, 2.75) is 24.7 Å². The van der Waals surface area contributed by atoms with Gasteiger partial charge in [-0.3, -0.25) is 4.79 Å². The summed E-state index contributed by atoms with van der Waals surface area (Å²) >= 11 is 0. The number of carboxylic acid groups (broad SMARTS) is 1.